The highest BCUT2D eigenvalue weighted by Crippen LogP contribution is 2.23. The Morgan fingerprint density at radius 1 is 1.25 bits per heavy atom. The minimum Gasteiger partial charge on any atom is -0.494 e. The molecule has 0 amide bonds. The molecule has 100 valence electrons. The summed E-state index contributed by atoms with van der Waals surface area (Å²) in [6, 6.07) is 7.05. The first-order valence-electron chi connectivity index (χ1n) is 5.97. The lowest BCUT2D eigenvalue weighted by Gasteiger charge is -2.11. The van der Waals surface area contributed by atoms with Crippen LogP contribution in [0.5, 0.6) is 5.88 Å². The quantitative estimate of drug-likeness (QED) is 0.692. The van der Waals surface area contributed by atoms with Gasteiger partial charge < -0.3 is 5.11 Å². The van der Waals surface area contributed by atoms with Crippen molar-refractivity contribution in [1.29, 1.82) is 0 Å². The zero-order valence-corrected chi connectivity index (χ0v) is 10.6. The highest BCUT2D eigenvalue weighted by Gasteiger charge is 2.13. The lowest BCUT2D eigenvalue weighted by molar-refractivity contribution is 0.426. The smallest absolute Gasteiger partial charge is 0.335 e. The molecule has 6 nitrogen and oxygen atoms in total. The van der Waals surface area contributed by atoms with Crippen molar-refractivity contribution in [2.24, 2.45) is 0 Å². The van der Waals surface area contributed by atoms with Crippen LogP contribution in [0.3, 0.4) is 0 Å². The van der Waals surface area contributed by atoms with Gasteiger partial charge in [-0.05, 0) is 19.1 Å². The topological polar surface area (TPSA) is 88.0 Å². The van der Waals surface area contributed by atoms with Crippen molar-refractivity contribution in [2.75, 3.05) is 0 Å². The Morgan fingerprint density at radius 2 is 2.05 bits per heavy atom. The molecule has 2 aromatic heterocycles. The number of nitrogens with zero attached hydrogens (tertiary/aromatic N) is 2. The van der Waals surface area contributed by atoms with E-state index in [1.165, 1.54) is 6.92 Å². The Labute approximate surface area is 113 Å². The molecule has 0 aliphatic heterocycles. The largest absolute Gasteiger partial charge is 0.494 e. The number of aromatic nitrogens is 3. The second kappa shape index (κ2) is 4.34. The number of hydrogen-bond donors (Lipinski definition) is 2. The Balaban J connectivity index is 2.47. The fraction of sp³-hybridized carbons (Fsp3) is 0.0714. The predicted molar refractivity (Wildman–Crippen MR) is 74.4 cm³/mol. The second-order valence-electron chi connectivity index (χ2n) is 4.42. The molecule has 6 heteroatoms. The number of aromatic amines is 1. The van der Waals surface area contributed by atoms with Crippen molar-refractivity contribution in [3.05, 3.63) is 63.1 Å². The van der Waals surface area contributed by atoms with E-state index in [2.05, 4.69) is 9.97 Å². The van der Waals surface area contributed by atoms with E-state index in [-0.39, 0.29) is 11.4 Å². The maximum Gasteiger partial charge on any atom is 0.335 e. The van der Waals surface area contributed by atoms with Crippen molar-refractivity contribution >= 4 is 10.8 Å². The van der Waals surface area contributed by atoms with Gasteiger partial charge in [0.1, 0.15) is 0 Å². The summed E-state index contributed by atoms with van der Waals surface area (Å²) in [5, 5.41) is 11.7. The van der Waals surface area contributed by atoms with Gasteiger partial charge in [-0.2, -0.15) is 0 Å². The molecule has 0 aliphatic carbocycles. The molecular formula is C14H11N3O3. The molecule has 0 aliphatic rings. The van der Waals surface area contributed by atoms with Crippen molar-refractivity contribution in [3.8, 4) is 11.6 Å². The van der Waals surface area contributed by atoms with E-state index in [0.717, 1.165) is 15.3 Å². The van der Waals surface area contributed by atoms with Crippen LogP contribution in [0.25, 0.3) is 16.5 Å². The SMILES string of the molecule is Cc1c(O)n(-c2cccc3cnccc23)c(=O)[nH]c1=O. The van der Waals surface area contributed by atoms with Crippen LogP contribution in [-0.2, 0) is 0 Å². The van der Waals surface area contributed by atoms with Gasteiger partial charge in [0.25, 0.3) is 5.56 Å². The van der Waals surface area contributed by atoms with E-state index in [1.807, 2.05) is 6.07 Å². The molecule has 0 unspecified atom stereocenters. The normalized spacial score (nSPS) is 10.8. The first kappa shape index (κ1) is 12.2. The summed E-state index contributed by atoms with van der Waals surface area (Å²) in [4.78, 5) is 29.7. The first-order chi connectivity index (χ1) is 9.59. The zero-order chi connectivity index (χ0) is 14.3. The number of H-pyrrole nitrogens is 1. The number of pyridine rings is 1. The Kier molecular flexibility index (Phi) is 2.64. The molecule has 3 aromatic rings. The van der Waals surface area contributed by atoms with E-state index in [0.29, 0.717) is 5.69 Å². The van der Waals surface area contributed by atoms with Crippen LogP contribution in [0, 0.1) is 6.92 Å². The Bertz CT molecular complexity index is 920. The predicted octanol–water partition coefficient (Wildman–Crippen LogP) is 1.09. The molecule has 3 rings (SSSR count). The van der Waals surface area contributed by atoms with Crippen LogP contribution in [0.1, 0.15) is 5.56 Å². The van der Waals surface area contributed by atoms with E-state index < -0.39 is 11.2 Å². The van der Waals surface area contributed by atoms with Crippen molar-refractivity contribution in [1.82, 2.24) is 14.5 Å². The standard InChI is InChI=1S/C14H11N3O3/c1-8-12(18)16-14(20)17(13(8)19)11-4-2-3-9-7-15-6-5-10(9)11/h2-7,19H,1H3,(H,16,18,20). The maximum absolute atomic E-state index is 12.0. The molecule has 2 N–H and O–H groups in total. The summed E-state index contributed by atoms with van der Waals surface area (Å²) in [7, 11) is 0. The summed E-state index contributed by atoms with van der Waals surface area (Å²) in [5.41, 5.74) is -0.685. The molecule has 20 heavy (non-hydrogen) atoms. The molecule has 0 fully saturated rings. The monoisotopic (exact) mass is 269 g/mol. The van der Waals surface area contributed by atoms with E-state index >= 15 is 0 Å². The lowest BCUT2D eigenvalue weighted by atomic mass is 10.1. The number of aromatic hydroxyl groups is 1. The summed E-state index contributed by atoms with van der Waals surface area (Å²) in [6.07, 6.45) is 3.27. The van der Waals surface area contributed by atoms with E-state index in [1.54, 1.807) is 30.6 Å². The fourth-order valence-electron chi connectivity index (χ4n) is 2.14. The minimum atomic E-state index is -0.678. The molecule has 0 bridgehead atoms. The Hall–Kier alpha value is -2.89. The van der Waals surface area contributed by atoms with Crippen molar-refractivity contribution in [2.45, 2.75) is 6.92 Å². The van der Waals surface area contributed by atoms with Crippen molar-refractivity contribution in [3.63, 3.8) is 0 Å². The molecule has 1 aromatic carbocycles. The highest BCUT2D eigenvalue weighted by atomic mass is 16.3. The summed E-state index contributed by atoms with van der Waals surface area (Å²) >= 11 is 0. The van der Waals surface area contributed by atoms with Crippen LogP contribution >= 0.6 is 0 Å². The number of rotatable bonds is 1. The van der Waals surface area contributed by atoms with E-state index in [9.17, 15) is 14.7 Å². The zero-order valence-electron chi connectivity index (χ0n) is 10.6. The van der Waals surface area contributed by atoms with Gasteiger partial charge in [0, 0.05) is 23.2 Å². The highest BCUT2D eigenvalue weighted by molar-refractivity contribution is 5.89. The molecule has 0 radical (unpaired) electrons. The second-order valence-corrected chi connectivity index (χ2v) is 4.42. The summed E-state index contributed by atoms with van der Waals surface area (Å²) < 4.78 is 1.08. The third-order valence-corrected chi connectivity index (χ3v) is 3.21. The van der Waals surface area contributed by atoms with Gasteiger partial charge in [-0.25, -0.2) is 9.36 Å². The van der Waals surface area contributed by atoms with Gasteiger partial charge in [0.2, 0.25) is 5.88 Å². The van der Waals surface area contributed by atoms with Crippen LogP contribution in [0.4, 0.5) is 0 Å². The Morgan fingerprint density at radius 3 is 2.85 bits per heavy atom. The lowest BCUT2D eigenvalue weighted by Crippen LogP contribution is -2.30. The molecule has 0 atom stereocenters. The van der Waals surface area contributed by atoms with Gasteiger partial charge in [-0.3, -0.25) is 14.8 Å². The molecule has 2 heterocycles. The first-order valence-corrected chi connectivity index (χ1v) is 5.97. The van der Waals surface area contributed by atoms with Gasteiger partial charge in [0.05, 0.1) is 11.3 Å². The van der Waals surface area contributed by atoms with Crippen LogP contribution in [0.15, 0.2) is 46.2 Å². The average molecular weight is 269 g/mol. The third kappa shape index (κ3) is 1.70. The fourth-order valence-corrected chi connectivity index (χ4v) is 2.14. The van der Waals surface area contributed by atoms with Gasteiger partial charge in [-0.1, -0.05) is 12.1 Å². The molecule has 0 spiro atoms. The molecule has 0 saturated heterocycles. The van der Waals surface area contributed by atoms with Crippen LogP contribution in [0.2, 0.25) is 0 Å². The maximum atomic E-state index is 12.0. The van der Waals surface area contributed by atoms with E-state index in [4.69, 9.17) is 0 Å². The number of nitrogens with one attached hydrogen (secondary N) is 1. The third-order valence-electron chi connectivity index (χ3n) is 3.21. The summed E-state index contributed by atoms with van der Waals surface area (Å²) in [6.45, 7) is 1.46. The van der Waals surface area contributed by atoms with Gasteiger partial charge in [-0.15, -0.1) is 0 Å². The van der Waals surface area contributed by atoms with Crippen LogP contribution in [-0.4, -0.2) is 19.6 Å². The number of fused-ring (bicyclic) bond motifs is 1. The van der Waals surface area contributed by atoms with Crippen molar-refractivity contribution < 1.29 is 5.11 Å². The van der Waals surface area contributed by atoms with Crippen LogP contribution < -0.4 is 11.2 Å². The summed E-state index contributed by atoms with van der Waals surface area (Å²) in [5.74, 6) is -0.358. The number of hydrogen-bond acceptors (Lipinski definition) is 4. The average Bonchev–Trinajstić information content (AvgIpc) is 2.45. The molecule has 0 saturated carbocycles. The van der Waals surface area contributed by atoms with Gasteiger partial charge >= 0.3 is 5.69 Å². The van der Waals surface area contributed by atoms with Gasteiger partial charge in [0.15, 0.2) is 0 Å². The number of benzene rings is 1. The molecular weight excluding hydrogens is 258 g/mol. The minimum absolute atomic E-state index is 0.0932.